The van der Waals surface area contributed by atoms with Crippen molar-refractivity contribution in [1.82, 2.24) is 0 Å². The fourth-order valence-electron chi connectivity index (χ4n) is 1.29. The molecule has 0 aromatic carbocycles. The highest BCUT2D eigenvalue weighted by molar-refractivity contribution is 4.59. The molecule has 1 fully saturated rings. The predicted molar refractivity (Wildman–Crippen MR) is 42.1 cm³/mol. The molecule has 66 valence electrons. The molecule has 4 heteroatoms. The zero-order valence-electron chi connectivity index (χ0n) is 6.71. The van der Waals surface area contributed by atoms with Crippen LogP contribution in [0.1, 0.15) is 12.8 Å². The van der Waals surface area contributed by atoms with E-state index in [4.69, 9.17) is 10.5 Å². The van der Waals surface area contributed by atoms with E-state index in [2.05, 4.69) is 0 Å². The number of quaternary nitrogens is 1. The van der Waals surface area contributed by atoms with Gasteiger partial charge in [-0.1, -0.05) is 0 Å². The van der Waals surface area contributed by atoms with Crippen LogP contribution in [0.2, 0.25) is 0 Å². The summed E-state index contributed by atoms with van der Waals surface area (Å²) >= 11 is 0. The predicted octanol–water partition coefficient (Wildman–Crippen LogP) is -1.49. The summed E-state index contributed by atoms with van der Waals surface area (Å²) in [5, 5.41) is 11.3. The molecule has 4 nitrogen and oxygen atoms in total. The second kappa shape index (κ2) is 4.66. The summed E-state index contributed by atoms with van der Waals surface area (Å²) in [6, 6.07) is 0. The van der Waals surface area contributed by atoms with Crippen molar-refractivity contribution in [2.45, 2.75) is 18.9 Å². The Hall–Kier alpha value is -0.160. The van der Waals surface area contributed by atoms with Crippen molar-refractivity contribution in [3.05, 3.63) is 5.21 Å². The molecule has 0 radical (unpaired) electrons. The Bertz CT molecular complexity index is 111. The van der Waals surface area contributed by atoms with E-state index < -0.39 is 0 Å². The Morgan fingerprint density at radius 3 is 3.09 bits per heavy atom. The van der Waals surface area contributed by atoms with Crippen LogP contribution in [-0.2, 0) is 4.74 Å². The molecule has 1 aliphatic heterocycles. The van der Waals surface area contributed by atoms with Crippen molar-refractivity contribution in [2.75, 3.05) is 26.2 Å². The molecule has 0 saturated carbocycles. The summed E-state index contributed by atoms with van der Waals surface area (Å²) in [4.78, 5) is 0. The maximum Gasteiger partial charge on any atom is 0.107 e. The lowest BCUT2D eigenvalue weighted by Crippen LogP contribution is -3.10. The van der Waals surface area contributed by atoms with Crippen molar-refractivity contribution >= 4 is 0 Å². The lowest BCUT2D eigenvalue weighted by Gasteiger charge is -2.32. The maximum atomic E-state index is 10.9. The van der Waals surface area contributed by atoms with Gasteiger partial charge in [-0.05, 0) is 19.4 Å². The fourth-order valence-corrected chi connectivity index (χ4v) is 1.29. The van der Waals surface area contributed by atoms with E-state index >= 15 is 0 Å². The van der Waals surface area contributed by atoms with Crippen molar-refractivity contribution in [2.24, 2.45) is 5.73 Å². The molecule has 11 heavy (non-hydrogen) atoms. The van der Waals surface area contributed by atoms with E-state index in [0.717, 1.165) is 12.8 Å². The van der Waals surface area contributed by atoms with Crippen LogP contribution < -0.4 is 10.8 Å². The second-order valence-corrected chi connectivity index (χ2v) is 2.92. The maximum absolute atomic E-state index is 10.9. The zero-order chi connectivity index (χ0) is 8.10. The topological polar surface area (TPSA) is 62.8 Å². The molecule has 0 aromatic heterocycles. The minimum absolute atomic E-state index is 0.153. The van der Waals surface area contributed by atoms with Crippen LogP contribution in [0, 0.1) is 5.21 Å². The summed E-state index contributed by atoms with van der Waals surface area (Å²) < 4.78 is 5.37. The highest BCUT2D eigenvalue weighted by atomic mass is 16.5. The van der Waals surface area contributed by atoms with Gasteiger partial charge in [-0.3, -0.25) is 0 Å². The standard InChI is InChI=1S/C7H16N2O2/c8-3-1-2-7-6-9(10)4-5-11-7/h7,9H,1-6,8H2. The van der Waals surface area contributed by atoms with E-state index in [1.807, 2.05) is 0 Å². The van der Waals surface area contributed by atoms with Crippen molar-refractivity contribution in [1.29, 1.82) is 0 Å². The Kier molecular flexibility index (Phi) is 3.79. The molecule has 2 unspecified atom stereocenters. The Morgan fingerprint density at radius 1 is 1.64 bits per heavy atom. The SMILES string of the molecule is NCCCC1C[NH+]([O-])CCO1. The molecule has 0 bridgehead atoms. The van der Waals surface area contributed by atoms with Crippen LogP contribution >= 0.6 is 0 Å². The third-order valence-electron chi connectivity index (χ3n) is 1.92. The number of hydrogen-bond acceptors (Lipinski definition) is 3. The lowest BCUT2D eigenvalue weighted by molar-refractivity contribution is -0.861. The number of hydroxylamine groups is 2. The van der Waals surface area contributed by atoms with Crippen LogP contribution in [0.25, 0.3) is 0 Å². The normalized spacial score (nSPS) is 32.2. The van der Waals surface area contributed by atoms with Crippen LogP contribution in [0.15, 0.2) is 0 Å². The first kappa shape index (κ1) is 8.93. The van der Waals surface area contributed by atoms with Gasteiger partial charge in [0.15, 0.2) is 0 Å². The van der Waals surface area contributed by atoms with Crippen molar-refractivity contribution in [3.63, 3.8) is 0 Å². The quantitative estimate of drug-likeness (QED) is 0.494. The highest BCUT2D eigenvalue weighted by Gasteiger charge is 2.17. The molecule has 1 aliphatic rings. The highest BCUT2D eigenvalue weighted by Crippen LogP contribution is 2.00. The third-order valence-corrected chi connectivity index (χ3v) is 1.92. The largest absolute Gasteiger partial charge is 0.634 e. The van der Waals surface area contributed by atoms with E-state index in [1.165, 1.54) is 0 Å². The molecular weight excluding hydrogens is 144 g/mol. The molecule has 1 saturated heterocycles. The summed E-state index contributed by atoms with van der Waals surface area (Å²) in [5.74, 6) is 0. The van der Waals surface area contributed by atoms with Gasteiger partial charge in [0, 0.05) is 0 Å². The molecule has 3 N–H and O–H groups in total. The minimum atomic E-state index is 0.153. The van der Waals surface area contributed by atoms with Gasteiger partial charge >= 0.3 is 0 Å². The lowest BCUT2D eigenvalue weighted by atomic mass is 10.2. The summed E-state index contributed by atoms with van der Waals surface area (Å²) in [6.07, 6.45) is 2.04. The van der Waals surface area contributed by atoms with E-state index in [9.17, 15) is 5.21 Å². The third kappa shape index (κ3) is 3.16. The second-order valence-electron chi connectivity index (χ2n) is 2.92. The van der Waals surface area contributed by atoms with E-state index in [0.29, 0.717) is 31.3 Å². The molecule has 0 aliphatic carbocycles. The number of hydrogen-bond donors (Lipinski definition) is 2. The van der Waals surface area contributed by atoms with Gasteiger partial charge in [-0.25, -0.2) is 0 Å². The first-order chi connectivity index (χ1) is 5.33. The van der Waals surface area contributed by atoms with Crippen LogP contribution in [-0.4, -0.2) is 32.3 Å². The first-order valence-electron chi connectivity index (χ1n) is 4.16. The van der Waals surface area contributed by atoms with E-state index in [-0.39, 0.29) is 6.10 Å². The number of rotatable bonds is 3. The van der Waals surface area contributed by atoms with Gasteiger partial charge in [0.05, 0.1) is 6.61 Å². The number of nitrogens with two attached hydrogens (primary N) is 1. The van der Waals surface area contributed by atoms with Gasteiger partial charge in [0.25, 0.3) is 0 Å². The van der Waals surface area contributed by atoms with Gasteiger partial charge in [-0.2, -0.15) is 0 Å². The van der Waals surface area contributed by atoms with Crippen LogP contribution in [0.4, 0.5) is 0 Å². The van der Waals surface area contributed by atoms with Gasteiger partial charge in [0.1, 0.15) is 19.2 Å². The first-order valence-corrected chi connectivity index (χ1v) is 4.16. The summed E-state index contributed by atoms with van der Waals surface area (Å²) in [7, 11) is 0. The smallest absolute Gasteiger partial charge is 0.107 e. The molecule has 2 atom stereocenters. The van der Waals surface area contributed by atoms with E-state index in [1.54, 1.807) is 0 Å². The summed E-state index contributed by atoms with van der Waals surface area (Å²) in [5.41, 5.74) is 5.34. The molecule has 0 amide bonds. The Morgan fingerprint density at radius 2 is 2.45 bits per heavy atom. The van der Waals surface area contributed by atoms with Gasteiger partial charge < -0.3 is 20.7 Å². The summed E-state index contributed by atoms with van der Waals surface area (Å²) in [6.45, 7) is 2.49. The Labute approximate surface area is 66.9 Å². The molecular formula is C7H16N2O2. The minimum Gasteiger partial charge on any atom is -0.634 e. The monoisotopic (exact) mass is 160 g/mol. The van der Waals surface area contributed by atoms with Crippen molar-refractivity contribution in [3.8, 4) is 0 Å². The van der Waals surface area contributed by atoms with Crippen LogP contribution in [0.3, 0.4) is 0 Å². The van der Waals surface area contributed by atoms with Gasteiger partial charge in [-0.15, -0.1) is 0 Å². The Balaban J connectivity index is 2.12. The van der Waals surface area contributed by atoms with Crippen LogP contribution in [0.5, 0.6) is 0 Å². The average molecular weight is 160 g/mol. The molecule has 1 heterocycles. The molecule has 0 spiro atoms. The molecule has 1 rings (SSSR count). The average Bonchev–Trinajstić information content (AvgIpc) is 2.01. The molecule has 0 aromatic rings. The van der Waals surface area contributed by atoms with Gasteiger partial charge in [0.2, 0.25) is 0 Å². The zero-order valence-corrected chi connectivity index (χ0v) is 6.71. The number of ether oxygens (including phenoxy) is 1. The van der Waals surface area contributed by atoms with Crippen molar-refractivity contribution < 1.29 is 9.80 Å². The number of morpholine rings is 1. The number of nitrogens with one attached hydrogen (secondary N) is 1. The fraction of sp³-hybridized carbons (Fsp3) is 1.00.